The molecule has 1 aromatic carbocycles. The normalized spacial score (nSPS) is 16.2. The van der Waals surface area contributed by atoms with Crippen LogP contribution >= 0.6 is 31.9 Å². The summed E-state index contributed by atoms with van der Waals surface area (Å²) in [5.41, 5.74) is 0.697. The van der Waals surface area contributed by atoms with Crippen molar-refractivity contribution >= 4 is 49.4 Å². The molecule has 1 heterocycles. The molecule has 16 heavy (non-hydrogen) atoms. The second-order valence-corrected chi connectivity index (χ2v) is 5.04. The lowest BCUT2D eigenvalue weighted by Gasteiger charge is -2.28. The predicted molar refractivity (Wildman–Crippen MR) is 67.2 cm³/mol. The number of anilines is 1. The van der Waals surface area contributed by atoms with Crippen molar-refractivity contribution in [1.82, 2.24) is 5.32 Å². The van der Waals surface area contributed by atoms with Crippen molar-refractivity contribution in [2.75, 3.05) is 18.0 Å². The van der Waals surface area contributed by atoms with Crippen LogP contribution in [0.1, 0.15) is 0 Å². The maximum Gasteiger partial charge on any atom is 0.246 e. The van der Waals surface area contributed by atoms with Gasteiger partial charge in [0.1, 0.15) is 6.54 Å². The molecule has 0 aliphatic carbocycles. The van der Waals surface area contributed by atoms with Crippen molar-refractivity contribution in [2.45, 2.75) is 0 Å². The molecule has 1 aromatic rings. The lowest BCUT2D eigenvalue weighted by atomic mass is 10.2. The molecule has 1 N–H and O–H groups in total. The Morgan fingerprint density at radius 2 is 1.81 bits per heavy atom. The lowest BCUT2D eigenvalue weighted by molar-refractivity contribution is -0.128. The van der Waals surface area contributed by atoms with Gasteiger partial charge in [0.05, 0.1) is 12.2 Å². The van der Waals surface area contributed by atoms with Gasteiger partial charge in [-0.15, -0.1) is 0 Å². The highest BCUT2D eigenvalue weighted by atomic mass is 79.9. The summed E-state index contributed by atoms with van der Waals surface area (Å²) < 4.78 is 1.56. The number of amides is 2. The van der Waals surface area contributed by atoms with Crippen molar-refractivity contribution in [2.24, 2.45) is 0 Å². The van der Waals surface area contributed by atoms with Gasteiger partial charge >= 0.3 is 0 Å². The second-order valence-electron chi connectivity index (χ2n) is 3.33. The topological polar surface area (TPSA) is 49.4 Å². The maximum absolute atomic E-state index is 11.7. The Morgan fingerprint density at radius 3 is 2.44 bits per heavy atom. The highest BCUT2D eigenvalue weighted by molar-refractivity contribution is 9.11. The van der Waals surface area contributed by atoms with Crippen LogP contribution in [-0.4, -0.2) is 24.9 Å². The van der Waals surface area contributed by atoms with Crippen LogP contribution in [0.4, 0.5) is 5.69 Å². The molecule has 0 spiro atoms. The zero-order valence-corrected chi connectivity index (χ0v) is 11.3. The number of carbonyl (C=O) groups is 2. The van der Waals surface area contributed by atoms with Gasteiger partial charge in [0.15, 0.2) is 0 Å². The van der Waals surface area contributed by atoms with Gasteiger partial charge in [-0.05, 0) is 44.0 Å². The Kier molecular flexibility index (Phi) is 3.30. The SMILES string of the molecule is O=C1CN(c2c(Br)cccc2Br)C(=O)CN1. The molecule has 0 bridgehead atoms. The monoisotopic (exact) mass is 346 g/mol. The third kappa shape index (κ3) is 2.12. The van der Waals surface area contributed by atoms with E-state index in [1.165, 1.54) is 4.90 Å². The van der Waals surface area contributed by atoms with Crippen LogP contribution in [-0.2, 0) is 9.59 Å². The number of piperazine rings is 1. The molecular weight excluding hydrogens is 340 g/mol. The number of para-hydroxylation sites is 1. The Balaban J connectivity index is 2.42. The van der Waals surface area contributed by atoms with E-state index in [1.807, 2.05) is 18.2 Å². The van der Waals surface area contributed by atoms with Crippen molar-refractivity contribution in [1.29, 1.82) is 0 Å². The minimum atomic E-state index is -0.151. The summed E-state index contributed by atoms with van der Waals surface area (Å²) in [6.45, 7) is 0.104. The molecule has 1 aliphatic rings. The van der Waals surface area contributed by atoms with Crippen molar-refractivity contribution in [3.05, 3.63) is 27.1 Å². The quantitative estimate of drug-likeness (QED) is 0.840. The Labute approximate surface area is 109 Å². The Bertz CT molecular complexity index is 442. The first-order chi connectivity index (χ1) is 7.59. The van der Waals surface area contributed by atoms with Crippen molar-refractivity contribution in [3.63, 3.8) is 0 Å². The summed E-state index contributed by atoms with van der Waals surface area (Å²) in [5, 5.41) is 2.51. The number of rotatable bonds is 1. The molecule has 1 fully saturated rings. The van der Waals surface area contributed by atoms with Gasteiger partial charge < -0.3 is 5.32 Å². The van der Waals surface area contributed by atoms with E-state index < -0.39 is 0 Å². The van der Waals surface area contributed by atoms with Crippen LogP contribution in [0.5, 0.6) is 0 Å². The molecule has 0 atom stereocenters. The molecule has 1 saturated heterocycles. The molecule has 84 valence electrons. The maximum atomic E-state index is 11.7. The van der Waals surface area contributed by atoms with Gasteiger partial charge in [-0.25, -0.2) is 0 Å². The summed E-state index contributed by atoms with van der Waals surface area (Å²) in [7, 11) is 0. The Morgan fingerprint density at radius 1 is 1.19 bits per heavy atom. The molecule has 0 saturated carbocycles. The number of nitrogens with zero attached hydrogens (tertiary/aromatic N) is 1. The van der Waals surface area contributed by atoms with Gasteiger partial charge in [0.25, 0.3) is 0 Å². The molecule has 0 unspecified atom stereocenters. The van der Waals surface area contributed by atoms with Crippen molar-refractivity contribution < 1.29 is 9.59 Å². The van der Waals surface area contributed by atoms with Gasteiger partial charge in [0, 0.05) is 8.95 Å². The molecular formula is C10H8Br2N2O2. The average molecular weight is 348 g/mol. The minimum Gasteiger partial charge on any atom is -0.345 e. The lowest BCUT2D eigenvalue weighted by Crippen LogP contribution is -2.52. The van der Waals surface area contributed by atoms with Crippen LogP contribution in [0.25, 0.3) is 0 Å². The summed E-state index contributed by atoms with van der Waals surface area (Å²) >= 11 is 6.75. The van der Waals surface area contributed by atoms with E-state index in [9.17, 15) is 9.59 Å². The van der Waals surface area contributed by atoms with Crippen LogP contribution in [0.2, 0.25) is 0 Å². The molecule has 4 nitrogen and oxygen atoms in total. The van der Waals surface area contributed by atoms with Crippen LogP contribution < -0.4 is 10.2 Å². The molecule has 2 amide bonds. The highest BCUT2D eigenvalue weighted by Gasteiger charge is 2.27. The molecule has 0 radical (unpaired) electrons. The fourth-order valence-corrected chi connectivity index (χ4v) is 2.93. The predicted octanol–water partition coefficient (Wildman–Crippen LogP) is 1.67. The van der Waals surface area contributed by atoms with E-state index in [0.29, 0.717) is 5.69 Å². The van der Waals surface area contributed by atoms with Gasteiger partial charge in [-0.3, -0.25) is 14.5 Å². The third-order valence-electron chi connectivity index (χ3n) is 2.25. The fourth-order valence-electron chi connectivity index (χ4n) is 1.51. The van der Waals surface area contributed by atoms with E-state index in [0.717, 1.165) is 8.95 Å². The zero-order valence-electron chi connectivity index (χ0n) is 8.17. The third-order valence-corrected chi connectivity index (χ3v) is 3.53. The van der Waals surface area contributed by atoms with Gasteiger partial charge in [-0.2, -0.15) is 0 Å². The largest absolute Gasteiger partial charge is 0.345 e. The number of halogens is 2. The van der Waals surface area contributed by atoms with Crippen LogP contribution in [0.15, 0.2) is 27.1 Å². The number of nitrogens with one attached hydrogen (secondary N) is 1. The minimum absolute atomic E-state index is 0.0482. The number of carbonyl (C=O) groups excluding carboxylic acids is 2. The summed E-state index contributed by atoms with van der Waals surface area (Å²) in [5.74, 6) is -0.269. The van der Waals surface area contributed by atoms with Crippen LogP contribution in [0, 0.1) is 0 Å². The molecule has 2 rings (SSSR count). The molecule has 1 aliphatic heterocycles. The number of benzene rings is 1. The van der Waals surface area contributed by atoms with Gasteiger partial charge in [-0.1, -0.05) is 6.07 Å². The molecule has 6 heteroatoms. The van der Waals surface area contributed by atoms with E-state index in [4.69, 9.17) is 0 Å². The smallest absolute Gasteiger partial charge is 0.246 e. The highest BCUT2D eigenvalue weighted by Crippen LogP contribution is 2.34. The number of hydrogen-bond acceptors (Lipinski definition) is 2. The first-order valence-electron chi connectivity index (χ1n) is 4.60. The average Bonchev–Trinajstić information content (AvgIpc) is 2.23. The van der Waals surface area contributed by atoms with Crippen LogP contribution in [0.3, 0.4) is 0 Å². The first-order valence-corrected chi connectivity index (χ1v) is 6.19. The standard InChI is InChI=1S/C10H8Br2N2O2/c11-6-2-1-3-7(12)10(6)14-5-8(15)13-4-9(14)16/h1-3H,4-5H2,(H,13,15). The summed E-state index contributed by atoms with van der Waals surface area (Å²) in [4.78, 5) is 24.5. The van der Waals surface area contributed by atoms with E-state index in [1.54, 1.807) is 0 Å². The zero-order chi connectivity index (χ0) is 11.7. The van der Waals surface area contributed by atoms with Crippen molar-refractivity contribution in [3.8, 4) is 0 Å². The van der Waals surface area contributed by atoms with E-state index in [-0.39, 0.29) is 24.9 Å². The first kappa shape index (κ1) is 11.6. The fraction of sp³-hybridized carbons (Fsp3) is 0.200. The van der Waals surface area contributed by atoms with E-state index >= 15 is 0 Å². The molecule has 0 aromatic heterocycles. The van der Waals surface area contributed by atoms with E-state index in [2.05, 4.69) is 37.2 Å². The summed E-state index contributed by atoms with van der Waals surface area (Å²) in [6.07, 6.45) is 0. The number of hydrogen-bond donors (Lipinski definition) is 1. The van der Waals surface area contributed by atoms with Gasteiger partial charge in [0.2, 0.25) is 11.8 Å². The second kappa shape index (κ2) is 4.55. The Hall–Kier alpha value is -0.880. The summed E-state index contributed by atoms with van der Waals surface area (Å²) in [6, 6.07) is 5.52.